The SMILES string of the molecule is CCCCCCCCCCC(C)c1ccc(S(=O)(=O)O)cc1.[H-].[Na+]. The Hall–Kier alpha value is 0.130. The Morgan fingerprint density at radius 2 is 1.43 bits per heavy atom. The first kappa shape index (κ1) is 23.1. The number of benzene rings is 1. The van der Waals surface area contributed by atoms with E-state index in [-0.39, 0.29) is 35.9 Å². The van der Waals surface area contributed by atoms with Gasteiger partial charge in [0.05, 0.1) is 4.90 Å². The maximum absolute atomic E-state index is 11.0. The molecule has 0 spiro atoms. The summed E-state index contributed by atoms with van der Waals surface area (Å²) in [6.45, 7) is 4.41. The molecule has 1 aromatic rings. The molecule has 0 bridgehead atoms. The molecular weight excluding hydrogens is 319 g/mol. The van der Waals surface area contributed by atoms with E-state index in [2.05, 4.69) is 13.8 Å². The van der Waals surface area contributed by atoms with Crippen LogP contribution >= 0.6 is 0 Å². The van der Waals surface area contributed by atoms with Gasteiger partial charge >= 0.3 is 29.6 Å². The third kappa shape index (κ3) is 9.88. The minimum atomic E-state index is -4.08. The van der Waals surface area contributed by atoms with Crippen LogP contribution in [0.4, 0.5) is 0 Å². The average Bonchev–Trinajstić information content (AvgIpc) is 2.49. The third-order valence-corrected chi connectivity index (χ3v) is 5.11. The van der Waals surface area contributed by atoms with Crippen molar-refractivity contribution in [2.24, 2.45) is 0 Å². The molecule has 0 radical (unpaired) electrons. The van der Waals surface area contributed by atoms with Crippen molar-refractivity contribution in [2.75, 3.05) is 0 Å². The van der Waals surface area contributed by atoms with E-state index in [0.29, 0.717) is 5.92 Å². The molecule has 128 valence electrons. The minimum absolute atomic E-state index is 0. The van der Waals surface area contributed by atoms with Gasteiger partial charge in [-0.1, -0.05) is 77.3 Å². The summed E-state index contributed by atoms with van der Waals surface area (Å²) in [5.74, 6) is 0.426. The van der Waals surface area contributed by atoms with Gasteiger partial charge in [-0.15, -0.1) is 0 Å². The van der Waals surface area contributed by atoms with Gasteiger partial charge in [-0.2, -0.15) is 8.42 Å². The van der Waals surface area contributed by atoms with Crippen LogP contribution in [0.15, 0.2) is 29.2 Å². The standard InChI is InChI=1S/C18H30O3S.Na.H/c1-3-4-5-6-7-8-9-10-11-16(2)17-12-14-18(15-13-17)22(19,20)21;;/h12-16H,3-11H2,1-2H3,(H,19,20,21);;/q;+1;-1. The van der Waals surface area contributed by atoms with Crippen LogP contribution in [-0.4, -0.2) is 13.0 Å². The van der Waals surface area contributed by atoms with Crippen molar-refractivity contribution in [1.82, 2.24) is 0 Å². The summed E-state index contributed by atoms with van der Waals surface area (Å²) in [6, 6.07) is 6.57. The molecule has 1 N–H and O–H groups in total. The van der Waals surface area contributed by atoms with E-state index in [1.54, 1.807) is 12.1 Å². The van der Waals surface area contributed by atoms with E-state index in [1.165, 1.54) is 63.5 Å². The molecule has 23 heavy (non-hydrogen) atoms. The Bertz CT molecular complexity index is 518. The average molecular weight is 351 g/mol. The third-order valence-electron chi connectivity index (χ3n) is 4.24. The number of rotatable bonds is 11. The first-order valence-electron chi connectivity index (χ1n) is 8.52. The van der Waals surface area contributed by atoms with Crippen LogP contribution in [0.1, 0.15) is 84.5 Å². The van der Waals surface area contributed by atoms with E-state index >= 15 is 0 Å². The van der Waals surface area contributed by atoms with Gasteiger partial charge in [-0.05, 0) is 30.0 Å². The molecule has 1 unspecified atom stereocenters. The van der Waals surface area contributed by atoms with Gasteiger partial charge in [0.1, 0.15) is 0 Å². The quantitative estimate of drug-likeness (QED) is 0.379. The summed E-state index contributed by atoms with van der Waals surface area (Å²) in [5, 5.41) is 0. The first-order valence-corrected chi connectivity index (χ1v) is 9.96. The fraction of sp³-hybridized carbons (Fsp3) is 0.667. The summed E-state index contributed by atoms with van der Waals surface area (Å²) in [5.41, 5.74) is 1.13. The second-order valence-corrected chi connectivity index (χ2v) is 7.63. The monoisotopic (exact) mass is 350 g/mol. The molecule has 5 heteroatoms. The fourth-order valence-electron chi connectivity index (χ4n) is 2.72. The molecule has 0 heterocycles. The zero-order valence-corrected chi connectivity index (χ0v) is 17.7. The van der Waals surface area contributed by atoms with Crippen LogP contribution in [0.5, 0.6) is 0 Å². The molecule has 0 aromatic heterocycles. The van der Waals surface area contributed by atoms with Crippen LogP contribution in [-0.2, 0) is 10.1 Å². The summed E-state index contributed by atoms with van der Waals surface area (Å²) in [7, 11) is -4.08. The van der Waals surface area contributed by atoms with Crippen molar-refractivity contribution in [3.8, 4) is 0 Å². The Balaban J connectivity index is 0. The molecule has 1 atom stereocenters. The Labute approximate surface area is 165 Å². The van der Waals surface area contributed by atoms with Gasteiger partial charge in [0, 0.05) is 0 Å². The second kappa shape index (κ2) is 12.5. The minimum Gasteiger partial charge on any atom is -1.00 e. The molecule has 3 nitrogen and oxygen atoms in total. The van der Waals surface area contributed by atoms with Gasteiger partial charge in [-0.25, -0.2) is 0 Å². The van der Waals surface area contributed by atoms with Gasteiger partial charge in [0.15, 0.2) is 0 Å². The van der Waals surface area contributed by atoms with E-state index < -0.39 is 10.1 Å². The van der Waals surface area contributed by atoms with Crippen LogP contribution in [0.2, 0.25) is 0 Å². The van der Waals surface area contributed by atoms with Gasteiger partial charge in [-0.3, -0.25) is 4.55 Å². The summed E-state index contributed by atoms with van der Waals surface area (Å²) < 4.78 is 31.0. The van der Waals surface area contributed by atoms with E-state index in [0.717, 1.165) is 12.0 Å². The van der Waals surface area contributed by atoms with Crippen molar-refractivity contribution in [3.05, 3.63) is 29.8 Å². The van der Waals surface area contributed by atoms with Crippen molar-refractivity contribution < 1.29 is 44.0 Å². The topological polar surface area (TPSA) is 54.4 Å². The molecule has 0 fully saturated rings. The van der Waals surface area contributed by atoms with E-state index in [9.17, 15) is 8.42 Å². The number of hydrogen-bond donors (Lipinski definition) is 1. The van der Waals surface area contributed by atoms with Gasteiger partial charge in [0.25, 0.3) is 10.1 Å². The predicted octanol–water partition coefficient (Wildman–Crippen LogP) is 2.68. The summed E-state index contributed by atoms with van der Waals surface area (Å²) >= 11 is 0. The van der Waals surface area contributed by atoms with Gasteiger partial charge < -0.3 is 1.43 Å². The number of unbranched alkanes of at least 4 members (excludes halogenated alkanes) is 7. The molecular formula is C18H31NaO3S. The summed E-state index contributed by atoms with van der Waals surface area (Å²) in [6.07, 6.45) is 11.7. The smallest absolute Gasteiger partial charge is 1.00 e. The van der Waals surface area contributed by atoms with E-state index in [1.807, 2.05) is 0 Å². The normalized spacial score (nSPS) is 12.7. The first-order chi connectivity index (χ1) is 10.4. The van der Waals surface area contributed by atoms with Crippen LogP contribution in [0, 0.1) is 0 Å². The van der Waals surface area contributed by atoms with Crippen molar-refractivity contribution in [3.63, 3.8) is 0 Å². The van der Waals surface area contributed by atoms with Gasteiger partial charge in [0.2, 0.25) is 0 Å². The largest absolute Gasteiger partial charge is 1.00 e. The zero-order chi connectivity index (χ0) is 16.4. The summed E-state index contributed by atoms with van der Waals surface area (Å²) in [4.78, 5) is -0.0319. The predicted molar refractivity (Wildman–Crippen MR) is 93.0 cm³/mol. The Kier molecular flexibility index (Phi) is 12.6. The maximum Gasteiger partial charge on any atom is 1.00 e. The van der Waals surface area contributed by atoms with Crippen molar-refractivity contribution in [2.45, 2.75) is 82.4 Å². The second-order valence-electron chi connectivity index (χ2n) is 6.21. The molecule has 0 aliphatic heterocycles. The van der Waals surface area contributed by atoms with Crippen LogP contribution in [0.25, 0.3) is 0 Å². The fourth-order valence-corrected chi connectivity index (χ4v) is 3.20. The molecule has 0 amide bonds. The Morgan fingerprint density at radius 1 is 0.957 bits per heavy atom. The molecule has 0 saturated heterocycles. The van der Waals surface area contributed by atoms with Crippen molar-refractivity contribution >= 4 is 10.1 Å². The van der Waals surface area contributed by atoms with Crippen LogP contribution in [0.3, 0.4) is 0 Å². The molecule has 0 saturated carbocycles. The Morgan fingerprint density at radius 3 is 1.91 bits per heavy atom. The molecule has 1 aromatic carbocycles. The molecule has 0 aliphatic carbocycles. The molecule has 1 rings (SSSR count). The molecule has 0 aliphatic rings. The van der Waals surface area contributed by atoms with Crippen molar-refractivity contribution in [1.29, 1.82) is 0 Å². The van der Waals surface area contributed by atoms with Crippen LogP contribution < -0.4 is 29.6 Å². The maximum atomic E-state index is 11.0. The number of hydrogen-bond acceptors (Lipinski definition) is 2. The van der Waals surface area contributed by atoms with E-state index in [4.69, 9.17) is 4.55 Å². The zero-order valence-electron chi connectivity index (χ0n) is 15.9.